The van der Waals surface area contributed by atoms with Gasteiger partial charge in [0.25, 0.3) is 0 Å². The van der Waals surface area contributed by atoms with Gasteiger partial charge in [-0.15, -0.1) is 0 Å². The predicted octanol–water partition coefficient (Wildman–Crippen LogP) is 2.20. The Labute approximate surface area is 96.9 Å². The third kappa shape index (κ3) is 4.22. The van der Waals surface area contributed by atoms with Crippen LogP contribution in [0.2, 0.25) is 0 Å². The maximum absolute atomic E-state index is 10.5. The molecule has 0 radical (unpaired) electrons. The largest absolute Gasteiger partial charge is 0.356 e. The smallest absolute Gasteiger partial charge is 0.324 e. The third-order valence-corrected chi connectivity index (χ3v) is 2.76. The van der Waals surface area contributed by atoms with E-state index in [2.05, 4.69) is 5.32 Å². The van der Waals surface area contributed by atoms with Crippen molar-refractivity contribution in [3.63, 3.8) is 0 Å². The van der Waals surface area contributed by atoms with Gasteiger partial charge in [-0.2, -0.15) is 0 Å². The van der Waals surface area contributed by atoms with Gasteiger partial charge in [-0.25, -0.2) is 0 Å². The Morgan fingerprint density at radius 2 is 2.38 bits per heavy atom. The van der Waals surface area contributed by atoms with Crippen molar-refractivity contribution < 1.29 is 9.72 Å². The molecule has 1 aromatic heterocycles. The van der Waals surface area contributed by atoms with Crippen LogP contribution in [0.4, 0.5) is 5.00 Å². The van der Waals surface area contributed by atoms with E-state index in [4.69, 9.17) is 0 Å². The third-order valence-electron chi connectivity index (χ3n) is 1.76. The van der Waals surface area contributed by atoms with Crippen LogP contribution in [0.15, 0.2) is 18.2 Å². The minimum absolute atomic E-state index is 0.0554. The van der Waals surface area contributed by atoms with E-state index in [0.717, 1.165) is 16.2 Å². The lowest BCUT2D eigenvalue weighted by molar-refractivity contribution is -0.380. The topological polar surface area (TPSA) is 72.2 Å². The molecule has 0 saturated heterocycles. The van der Waals surface area contributed by atoms with Gasteiger partial charge in [-0.1, -0.05) is 17.4 Å². The number of amides is 1. The number of hydrogen-bond donors (Lipinski definition) is 1. The zero-order valence-corrected chi connectivity index (χ0v) is 9.62. The van der Waals surface area contributed by atoms with Gasteiger partial charge in [0.1, 0.15) is 0 Å². The summed E-state index contributed by atoms with van der Waals surface area (Å²) in [5.41, 5.74) is 0. The lowest BCUT2D eigenvalue weighted by Gasteiger charge is -1.95. The second-order valence-electron chi connectivity index (χ2n) is 3.11. The second kappa shape index (κ2) is 6.02. The van der Waals surface area contributed by atoms with Crippen molar-refractivity contribution in [2.24, 2.45) is 0 Å². The standard InChI is InChI=1S/C10H12N2O3S/c1-8(13)11-7-3-2-4-9-5-6-10(16-9)12(14)15/h2,4-6H,3,7H2,1H3,(H,11,13). The summed E-state index contributed by atoms with van der Waals surface area (Å²) in [4.78, 5) is 21.4. The Morgan fingerprint density at radius 1 is 1.62 bits per heavy atom. The molecule has 0 aliphatic carbocycles. The molecule has 0 saturated carbocycles. The van der Waals surface area contributed by atoms with Gasteiger partial charge in [-0.05, 0) is 18.6 Å². The molecule has 1 aromatic rings. The monoisotopic (exact) mass is 240 g/mol. The molecule has 86 valence electrons. The molecule has 0 bridgehead atoms. The van der Waals surface area contributed by atoms with Crippen LogP contribution in [-0.2, 0) is 4.79 Å². The Bertz CT molecular complexity index is 412. The molecule has 5 nitrogen and oxygen atoms in total. The molecule has 0 aromatic carbocycles. The number of hydrogen-bond acceptors (Lipinski definition) is 4. The first-order valence-corrected chi connectivity index (χ1v) is 5.56. The van der Waals surface area contributed by atoms with Crippen molar-refractivity contribution in [3.05, 3.63) is 33.2 Å². The SMILES string of the molecule is CC(=O)NCCC=Cc1ccc([N+](=O)[O-])s1. The summed E-state index contributed by atoms with van der Waals surface area (Å²) < 4.78 is 0. The zero-order valence-electron chi connectivity index (χ0n) is 8.80. The van der Waals surface area contributed by atoms with Gasteiger partial charge in [0, 0.05) is 24.4 Å². The Kier molecular flexibility index (Phi) is 4.65. The van der Waals surface area contributed by atoms with Crippen LogP contribution in [-0.4, -0.2) is 17.4 Å². The molecule has 0 spiro atoms. The highest BCUT2D eigenvalue weighted by atomic mass is 32.1. The average molecular weight is 240 g/mol. The zero-order chi connectivity index (χ0) is 12.0. The fourth-order valence-corrected chi connectivity index (χ4v) is 1.81. The molecular formula is C10H12N2O3S. The van der Waals surface area contributed by atoms with Gasteiger partial charge >= 0.3 is 5.00 Å². The number of rotatable bonds is 5. The number of nitro groups is 1. The molecule has 1 rings (SSSR count). The van der Waals surface area contributed by atoms with Crippen molar-refractivity contribution in [3.8, 4) is 0 Å². The van der Waals surface area contributed by atoms with E-state index >= 15 is 0 Å². The summed E-state index contributed by atoms with van der Waals surface area (Å²) in [5.74, 6) is -0.0554. The summed E-state index contributed by atoms with van der Waals surface area (Å²) in [6.07, 6.45) is 4.41. The van der Waals surface area contributed by atoms with Crippen LogP contribution in [0, 0.1) is 10.1 Å². The molecule has 0 aliphatic heterocycles. The van der Waals surface area contributed by atoms with Crippen LogP contribution in [0.3, 0.4) is 0 Å². The molecule has 6 heteroatoms. The quantitative estimate of drug-likeness (QED) is 0.487. The first-order valence-electron chi connectivity index (χ1n) is 4.75. The average Bonchev–Trinajstić information content (AvgIpc) is 2.65. The molecule has 16 heavy (non-hydrogen) atoms. The molecular weight excluding hydrogens is 228 g/mol. The number of thiophene rings is 1. The van der Waals surface area contributed by atoms with E-state index in [1.165, 1.54) is 13.0 Å². The summed E-state index contributed by atoms with van der Waals surface area (Å²) in [6.45, 7) is 2.05. The van der Waals surface area contributed by atoms with Gasteiger partial charge in [0.05, 0.1) is 4.92 Å². The number of nitrogens with zero attached hydrogens (tertiary/aromatic N) is 1. The van der Waals surface area contributed by atoms with Crippen molar-refractivity contribution in [2.75, 3.05) is 6.54 Å². The van der Waals surface area contributed by atoms with Crippen molar-refractivity contribution >= 4 is 28.3 Å². The van der Waals surface area contributed by atoms with Crippen LogP contribution >= 0.6 is 11.3 Å². The van der Waals surface area contributed by atoms with Crippen LogP contribution in [0.5, 0.6) is 0 Å². The summed E-state index contributed by atoms with van der Waals surface area (Å²) in [7, 11) is 0. The van der Waals surface area contributed by atoms with E-state index in [1.54, 1.807) is 6.07 Å². The van der Waals surface area contributed by atoms with Gasteiger partial charge in [0.15, 0.2) is 0 Å². The minimum Gasteiger partial charge on any atom is -0.356 e. The van der Waals surface area contributed by atoms with E-state index in [0.29, 0.717) is 13.0 Å². The van der Waals surface area contributed by atoms with E-state index in [9.17, 15) is 14.9 Å². The molecule has 0 aliphatic rings. The molecule has 1 heterocycles. The Hall–Kier alpha value is -1.69. The lowest BCUT2D eigenvalue weighted by atomic mass is 10.3. The van der Waals surface area contributed by atoms with Gasteiger partial charge in [0.2, 0.25) is 5.91 Å². The maximum atomic E-state index is 10.5. The first kappa shape index (κ1) is 12.4. The lowest BCUT2D eigenvalue weighted by Crippen LogP contribution is -2.20. The number of carbonyl (C=O) groups is 1. The fourth-order valence-electron chi connectivity index (χ4n) is 1.06. The predicted molar refractivity (Wildman–Crippen MR) is 63.3 cm³/mol. The van der Waals surface area contributed by atoms with E-state index in [1.807, 2.05) is 12.2 Å². The van der Waals surface area contributed by atoms with Crippen LogP contribution in [0.25, 0.3) is 6.08 Å². The van der Waals surface area contributed by atoms with Crippen molar-refractivity contribution in [2.45, 2.75) is 13.3 Å². The highest BCUT2D eigenvalue weighted by molar-refractivity contribution is 7.16. The van der Waals surface area contributed by atoms with E-state index in [-0.39, 0.29) is 10.9 Å². The van der Waals surface area contributed by atoms with E-state index < -0.39 is 4.92 Å². The Morgan fingerprint density at radius 3 is 2.94 bits per heavy atom. The molecule has 0 fully saturated rings. The molecule has 0 unspecified atom stereocenters. The van der Waals surface area contributed by atoms with Gasteiger partial charge in [-0.3, -0.25) is 14.9 Å². The molecule has 0 atom stereocenters. The fraction of sp³-hybridized carbons (Fsp3) is 0.300. The number of carbonyl (C=O) groups excluding carboxylic acids is 1. The van der Waals surface area contributed by atoms with Crippen LogP contribution in [0.1, 0.15) is 18.2 Å². The molecule has 1 N–H and O–H groups in total. The number of nitrogens with one attached hydrogen (secondary N) is 1. The molecule has 1 amide bonds. The van der Waals surface area contributed by atoms with Crippen molar-refractivity contribution in [1.29, 1.82) is 0 Å². The maximum Gasteiger partial charge on any atom is 0.324 e. The minimum atomic E-state index is -0.403. The normalized spacial score (nSPS) is 10.6. The Balaban J connectivity index is 2.38. The summed E-state index contributed by atoms with van der Waals surface area (Å²) >= 11 is 1.13. The second-order valence-corrected chi connectivity index (χ2v) is 4.20. The summed E-state index contributed by atoms with van der Waals surface area (Å²) in [5, 5.41) is 13.2. The van der Waals surface area contributed by atoms with Gasteiger partial charge < -0.3 is 5.32 Å². The summed E-state index contributed by atoms with van der Waals surface area (Å²) in [6, 6.07) is 3.19. The highest BCUT2D eigenvalue weighted by Gasteiger charge is 2.07. The van der Waals surface area contributed by atoms with Crippen molar-refractivity contribution in [1.82, 2.24) is 5.32 Å². The van der Waals surface area contributed by atoms with Crippen LogP contribution < -0.4 is 5.32 Å². The highest BCUT2D eigenvalue weighted by Crippen LogP contribution is 2.24. The first-order chi connectivity index (χ1) is 7.59.